The van der Waals surface area contributed by atoms with Gasteiger partial charge in [-0.2, -0.15) is 0 Å². The first-order valence-corrected chi connectivity index (χ1v) is 7.88. The number of aryl methyl sites for hydroxylation is 1. The Morgan fingerprint density at radius 2 is 1.96 bits per heavy atom. The van der Waals surface area contributed by atoms with E-state index in [-0.39, 0.29) is 0 Å². The van der Waals surface area contributed by atoms with Gasteiger partial charge in [-0.3, -0.25) is 0 Å². The molecule has 0 fully saturated rings. The Kier molecular flexibility index (Phi) is 6.28. The monoisotopic (exact) mass is 317 g/mol. The molecule has 0 aliphatic carbocycles. The lowest BCUT2D eigenvalue weighted by atomic mass is 10.1. The molecule has 0 saturated carbocycles. The predicted molar refractivity (Wildman–Crippen MR) is 102 cm³/mol. The molecule has 24 heavy (non-hydrogen) atoms. The number of hydrogen-bond donors (Lipinski definition) is 0. The van der Waals surface area contributed by atoms with Crippen LogP contribution in [0, 0.1) is 18.8 Å². The third kappa shape index (κ3) is 5.37. The first kappa shape index (κ1) is 17.4. The standard InChI is InChI=1S/C22H23NO/c1-5-22(14-8-11-19-10-6-9-18(2)15-19)24-17-20-12-7-13-21(16-20)23(3)4/h5-7,9-10,12-16H,1,17H2,2-4H3/b22-14+. The first-order valence-electron chi connectivity index (χ1n) is 7.88. The minimum atomic E-state index is 0.492. The minimum Gasteiger partial charge on any atom is -0.488 e. The molecule has 0 atom stereocenters. The number of benzene rings is 2. The lowest BCUT2D eigenvalue weighted by Crippen LogP contribution is -2.08. The van der Waals surface area contributed by atoms with Gasteiger partial charge in [-0.1, -0.05) is 42.7 Å². The molecule has 2 rings (SSSR count). The molecule has 0 bridgehead atoms. The Morgan fingerprint density at radius 1 is 1.17 bits per heavy atom. The van der Waals surface area contributed by atoms with Crippen molar-refractivity contribution in [3.63, 3.8) is 0 Å². The van der Waals surface area contributed by atoms with Crippen molar-refractivity contribution in [2.75, 3.05) is 19.0 Å². The Balaban J connectivity index is 2.02. The maximum absolute atomic E-state index is 5.80. The summed E-state index contributed by atoms with van der Waals surface area (Å²) in [7, 11) is 4.05. The third-order valence-electron chi connectivity index (χ3n) is 3.48. The largest absolute Gasteiger partial charge is 0.488 e. The van der Waals surface area contributed by atoms with Gasteiger partial charge in [-0.05, 0) is 48.4 Å². The second kappa shape index (κ2) is 8.64. The van der Waals surface area contributed by atoms with Crippen molar-refractivity contribution >= 4 is 5.69 Å². The molecule has 0 saturated heterocycles. The van der Waals surface area contributed by atoms with Crippen LogP contribution in [-0.4, -0.2) is 14.1 Å². The molecule has 0 aliphatic heterocycles. The van der Waals surface area contributed by atoms with Gasteiger partial charge >= 0.3 is 0 Å². The van der Waals surface area contributed by atoms with Crippen molar-refractivity contribution in [3.05, 3.63) is 89.7 Å². The number of ether oxygens (including phenoxy) is 1. The zero-order valence-corrected chi connectivity index (χ0v) is 14.5. The van der Waals surface area contributed by atoms with Crippen LogP contribution in [-0.2, 0) is 11.3 Å². The van der Waals surface area contributed by atoms with Crippen molar-refractivity contribution in [1.82, 2.24) is 0 Å². The van der Waals surface area contributed by atoms with Crippen LogP contribution in [0.1, 0.15) is 16.7 Å². The summed E-state index contributed by atoms with van der Waals surface area (Å²) in [5, 5.41) is 0. The maximum atomic E-state index is 5.80. The number of hydrogen-bond acceptors (Lipinski definition) is 2. The highest BCUT2D eigenvalue weighted by molar-refractivity contribution is 5.47. The van der Waals surface area contributed by atoms with E-state index in [1.165, 1.54) is 5.56 Å². The fourth-order valence-electron chi connectivity index (χ4n) is 2.16. The average molecular weight is 317 g/mol. The average Bonchev–Trinajstić information content (AvgIpc) is 2.58. The summed E-state index contributed by atoms with van der Waals surface area (Å²) in [5.74, 6) is 6.81. The molecule has 0 unspecified atom stereocenters. The lowest BCUT2D eigenvalue weighted by Gasteiger charge is -2.14. The van der Waals surface area contributed by atoms with Gasteiger partial charge in [0, 0.05) is 31.4 Å². The molecule has 2 heteroatoms. The van der Waals surface area contributed by atoms with Gasteiger partial charge in [0.2, 0.25) is 0 Å². The molecule has 0 aromatic heterocycles. The van der Waals surface area contributed by atoms with Crippen LogP contribution in [0.5, 0.6) is 0 Å². The highest BCUT2D eigenvalue weighted by Crippen LogP contribution is 2.15. The molecule has 0 radical (unpaired) electrons. The maximum Gasteiger partial charge on any atom is 0.127 e. The van der Waals surface area contributed by atoms with E-state index in [4.69, 9.17) is 4.74 Å². The highest BCUT2D eigenvalue weighted by Gasteiger charge is 1.99. The Morgan fingerprint density at radius 3 is 2.67 bits per heavy atom. The van der Waals surface area contributed by atoms with Gasteiger partial charge < -0.3 is 9.64 Å². The number of rotatable bonds is 5. The molecule has 0 heterocycles. The molecule has 0 spiro atoms. The van der Waals surface area contributed by atoms with E-state index < -0.39 is 0 Å². The summed E-state index contributed by atoms with van der Waals surface area (Å²) in [5.41, 5.74) is 4.46. The Labute approximate surface area is 145 Å². The molecule has 0 aliphatic rings. The van der Waals surface area contributed by atoms with Crippen LogP contribution in [0.2, 0.25) is 0 Å². The van der Waals surface area contributed by atoms with Crippen molar-refractivity contribution < 1.29 is 4.74 Å². The SMILES string of the molecule is C=C/C(=C\C#Cc1cccc(C)c1)OCc1cccc(N(C)C)c1. The van der Waals surface area contributed by atoms with Crippen LogP contribution in [0.3, 0.4) is 0 Å². The van der Waals surface area contributed by atoms with Crippen LogP contribution >= 0.6 is 0 Å². The predicted octanol–water partition coefficient (Wildman–Crippen LogP) is 4.70. The second-order valence-electron chi connectivity index (χ2n) is 5.74. The minimum absolute atomic E-state index is 0.492. The van der Waals surface area contributed by atoms with E-state index >= 15 is 0 Å². The summed E-state index contributed by atoms with van der Waals surface area (Å²) >= 11 is 0. The van der Waals surface area contributed by atoms with E-state index in [1.54, 1.807) is 12.2 Å². The highest BCUT2D eigenvalue weighted by atomic mass is 16.5. The Bertz CT molecular complexity index is 791. The normalized spacial score (nSPS) is 10.5. The van der Waals surface area contributed by atoms with Crippen molar-refractivity contribution in [2.24, 2.45) is 0 Å². The molecule has 2 aromatic rings. The van der Waals surface area contributed by atoms with E-state index in [1.807, 2.05) is 38.4 Å². The Hall–Kier alpha value is -2.92. The van der Waals surface area contributed by atoms with E-state index in [2.05, 4.69) is 54.5 Å². The summed E-state index contributed by atoms with van der Waals surface area (Å²) in [4.78, 5) is 2.07. The van der Waals surface area contributed by atoms with Gasteiger partial charge in [-0.25, -0.2) is 0 Å². The van der Waals surface area contributed by atoms with Gasteiger partial charge in [-0.15, -0.1) is 0 Å². The van der Waals surface area contributed by atoms with Gasteiger partial charge in [0.05, 0.1) is 0 Å². The van der Waals surface area contributed by atoms with Crippen molar-refractivity contribution in [2.45, 2.75) is 13.5 Å². The quantitative estimate of drug-likeness (QED) is 0.450. The van der Waals surface area contributed by atoms with E-state index in [0.29, 0.717) is 12.4 Å². The number of anilines is 1. The van der Waals surface area contributed by atoms with Crippen molar-refractivity contribution in [3.8, 4) is 11.8 Å². The van der Waals surface area contributed by atoms with Gasteiger partial charge in [0.1, 0.15) is 12.4 Å². The molecular formula is C22H23NO. The zero-order chi connectivity index (χ0) is 17.4. The van der Waals surface area contributed by atoms with Gasteiger partial charge in [0.15, 0.2) is 0 Å². The van der Waals surface area contributed by atoms with Crippen molar-refractivity contribution in [1.29, 1.82) is 0 Å². The summed E-state index contributed by atoms with van der Waals surface area (Å²) in [6, 6.07) is 16.4. The molecule has 2 nitrogen and oxygen atoms in total. The topological polar surface area (TPSA) is 12.5 Å². The number of allylic oxidation sites excluding steroid dienone is 2. The van der Waals surface area contributed by atoms with Crippen LogP contribution < -0.4 is 4.90 Å². The fourth-order valence-corrected chi connectivity index (χ4v) is 2.16. The third-order valence-corrected chi connectivity index (χ3v) is 3.48. The van der Waals surface area contributed by atoms with Gasteiger partial charge in [0.25, 0.3) is 0 Å². The molecule has 0 N–H and O–H groups in total. The van der Waals surface area contributed by atoms with E-state index in [0.717, 1.165) is 16.8 Å². The van der Waals surface area contributed by atoms with E-state index in [9.17, 15) is 0 Å². The summed E-state index contributed by atoms with van der Waals surface area (Å²) in [6.45, 7) is 6.34. The smallest absolute Gasteiger partial charge is 0.127 e. The molecule has 2 aromatic carbocycles. The van der Waals surface area contributed by atoms with Crippen LogP contribution in [0.25, 0.3) is 0 Å². The summed E-state index contributed by atoms with van der Waals surface area (Å²) < 4.78 is 5.80. The fraction of sp³-hybridized carbons (Fsp3) is 0.182. The molecular weight excluding hydrogens is 294 g/mol. The molecule has 0 amide bonds. The summed E-state index contributed by atoms with van der Waals surface area (Å²) in [6.07, 6.45) is 3.44. The van der Waals surface area contributed by atoms with Crippen LogP contribution in [0.15, 0.2) is 73.0 Å². The lowest BCUT2D eigenvalue weighted by molar-refractivity contribution is 0.211. The first-order chi connectivity index (χ1) is 11.6. The number of nitrogens with zero attached hydrogens (tertiary/aromatic N) is 1. The molecule has 122 valence electrons. The zero-order valence-electron chi connectivity index (χ0n) is 14.5. The van der Waals surface area contributed by atoms with Crippen LogP contribution in [0.4, 0.5) is 5.69 Å². The second-order valence-corrected chi connectivity index (χ2v) is 5.74.